The van der Waals surface area contributed by atoms with Gasteiger partial charge < -0.3 is 20.1 Å². The zero-order chi connectivity index (χ0) is 19.7. The van der Waals surface area contributed by atoms with E-state index >= 15 is 0 Å². The van der Waals surface area contributed by atoms with Crippen LogP contribution >= 0.6 is 0 Å². The molecule has 6 nitrogen and oxygen atoms in total. The number of rotatable bonds is 8. The fourth-order valence-electron chi connectivity index (χ4n) is 4.31. The van der Waals surface area contributed by atoms with Crippen LogP contribution in [0.25, 0.3) is 0 Å². The quantitative estimate of drug-likeness (QED) is 0.529. The molecule has 6 heteroatoms. The van der Waals surface area contributed by atoms with Gasteiger partial charge in [-0.25, -0.2) is 0 Å². The molecule has 0 bridgehead atoms. The van der Waals surface area contributed by atoms with Gasteiger partial charge in [0.05, 0.1) is 13.7 Å². The molecule has 0 spiro atoms. The van der Waals surface area contributed by atoms with Crippen molar-refractivity contribution in [2.75, 3.05) is 53.0 Å². The average molecular weight is 389 g/mol. The minimum Gasteiger partial charge on any atom is -0.496 e. The van der Waals surface area contributed by atoms with E-state index in [0.717, 1.165) is 63.8 Å². The van der Waals surface area contributed by atoms with Crippen LogP contribution in [0.15, 0.2) is 29.3 Å². The van der Waals surface area contributed by atoms with Crippen molar-refractivity contribution in [2.24, 2.45) is 4.99 Å². The lowest BCUT2D eigenvalue weighted by molar-refractivity contribution is -0.0139. The van der Waals surface area contributed by atoms with Crippen molar-refractivity contribution in [1.82, 2.24) is 15.5 Å². The molecule has 1 aromatic rings. The lowest BCUT2D eigenvalue weighted by atomic mass is 9.88. The Hall–Kier alpha value is -1.79. The molecule has 3 rings (SSSR count). The van der Waals surface area contributed by atoms with Crippen molar-refractivity contribution >= 4 is 5.96 Å². The number of nitrogens with zero attached hydrogens (tertiary/aromatic N) is 2. The molecule has 2 N–H and O–H groups in total. The molecule has 2 heterocycles. The second-order valence-electron chi connectivity index (χ2n) is 7.71. The van der Waals surface area contributed by atoms with Crippen molar-refractivity contribution in [2.45, 2.75) is 44.6 Å². The van der Waals surface area contributed by atoms with Gasteiger partial charge in [-0.3, -0.25) is 9.89 Å². The summed E-state index contributed by atoms with van der Waals surface area (Å²) in [7, 11) is 1.73. The molecule has 0 radical (unpaired) electrons. The molecule has 2 aliphatic heterocycles. The van der Waals surface area contributed by atoms with Gasteiger partial charge in [0.1, 0.15) is 5.75 Å². The summed E-state index contributed by atoms with van der Waals surface area (Å²) in [5.41, 5.74) is 1.38. The Labute approximate surface area is 169 Å². The van der Waals surface area contributed by atoms with Crippen LogP contribution in [0.5, 0.6) is 5.75 Å². The monoisotopic (exact) mass is 388 g/mol. The number of hydrogen-bond acceptors (Lipinski definition) is 4. The molecule has 0 amide bonds. The van der Waals surface area contributed by atoms with Crippen molar-refractivity contribution in [3.8, 4) is 5.75 Å². The predicted molar refractivity (Wildman–Crippen MR) is 114 cm³/mol. The second kappa shape index (κ2) is 10.7. The average Bonchev–Trinajstić information content (AvgIpc) is 3.29. The molecule has 1 aromatic carbocycles. The molecule has 0 aliphatic carbocycles. The summed E-state index contributed by atoms with van der Waals surface area (Å²) in [5.74, 6) is 1.85. The number of aliphatic imine (C=N–C) groups is 1. The smallest absolute Gasteiger partial charge is 0.191 e. The third-order valence-electron chi connectivity index (χ3n) is 5.96. The molecule has 0 aromatic heterocycles. The van der Waals surface area contributed by atoms with E-state index < -0.39 is 0 Å². The summed E-state index contributed by atoms with van der Waals surface area (Å²) in [6.07, 6.45) is 5.68. The molecular formula is C22H36N4O2. The summed E-state index contributed by atoms with van der Waals surface area (Å²) < 4.78 is 11.1. The van der Waals surface area contributed by atoms with E-state index in [1.807, 2.05) is 12.1 Å². The first-order valence-corrected chi connectivity index (χ1v) is 10.7. The number of hydrogen-bond donors (Lipinski definition) is 2. The Morgan fingerprint density at radius 2 is 1.93 bits per heavy atom. The highest BCUT2D eigenvalue weighted by molar-refractivity contribution is 5.79. The molecule has 0 saturated carbocycles. The van der Waals surface area contributed by atoms with Crippen molar-refractivity contribution in [1.29, 1.82) is 0 Å². The van der Waals surface area contributed by atoms with Gasteiger partial charge in [-0.2, -0.15) is 0 Å². The maximum atomic E-state index is 5.66. The van der Waals surface area contributed by atoms with Crippen molar-refractivity contribution in [3.05, 3.63) is 29.8 Å². The third-order valence-corrected chi connectivity index (χ3v) is 5.96. The molecular weight excluding hydrogens is 352 g/mol. The lowest BCUT2D eigenvalue weighted by Gasteiger charge is -2.43. The third kappa shape index (κ3) is 5.39. The van der Waals surface area contributed by atoms with E-state index in [2.05, 4.69) is 34.6 Å². The Bertz CT molecular complexity index is 623. The lowest BCUT2D eigenvalue weighted by Crippen LogP contribution is -2.54. The zero-order valence-corrected chi connectivity index (χ0v) is 17.5. The van der Waals surface area contributed by atoms with Gasteiger partial charge in [0.2, 0.25) is 0 Å². The summed E-state index contributed by atoms with van der Waals surface area (Å²) in [4.78, 5) is 7.66. The Morgan fingerprint density at radius 3 is 2.64 bits per heavy atom. The highest BCUT2D eigenvalue weighted by Gasteiger charge is 2.39. The molecule has 2 saturated heterocycles. The van der Waals surface area contributed by atoms with Gasteiger partial charge in [0, 0.05) is 31.8 Å². The number of benzene rings is 1. The van der Waals surface area contributed by atoms with E-state index in [0.29, 0.717) is 0 Å². The van der Waals surface area contributed by atoms with Crippen LogP contribution < -0.4 is 15.4 Å². The Morgan fingerprint density at radius 1 is 1.18 bits per heavy atom. The van der Waals surface area contributed by atoms with Gasteiger partial charge in [-0.1, -0.05) is 18.2 Å². The van der Waals surface area contributed by atoms with Crippen LogP contribution in [0.1, 0.15) is 38.2 Å². The Kier molecular flexibility index (Phi) is 7.98. The van der Waals surface area contributed by atoms with Crippen LogP contribution in [-0.2, 0) is 11.2 Å². The summed E-state index contributed by atoms with van der Waals surface area (Å²) >= 11 is 0. The van der Waals surface area contributed by atoms with E-state index in [9.17, 15) is 0 Å². The summed E-state index contributed by atoms with van der Waals surface area (Å²) in [5, 5.41) is 6.90. The van der Waals surface area contributed by atoms with Gasteiger partial charge in [-0.15, -0.1) is 0 Å². The maximum Gasteiger partial charge on any atom is 0.191 e. The predicted octanol–water partition coefficient (Wildman–Crippen LogP) is 2.44. The van der Waals surface area contributed by atoms with Crippen LogP contribution in [-0.4, -0.2) is 69.4 Å². The molecule has 0 unspecified atom stereocenters. The standard InChI is InChI=1S/C22H36N4O2/c1-3-23-21(24-13-10-19-8-4-5-9-20(19)27-2)25-18-22(11-16-28-17-12-22)26-14-6-7-15-26/h4-5,8-9H,3,6-7,10-18H2,1-2H3,(H2,23,24,25). The van der Waals surface area contributed by atoms with Crippen LogP contribution in [0.2, 0.25) is 0 Å². The minimum absolute atomic E-state index is 0.166. The first-order valence-electron chi connectivity index (χ1n) is 10.7. The van der Waals surface area contributed by atoms with Gasteiger partial charge in [0.15, 0.2) is 5.96 Å². The fraction of sp³-hybridized carbons (Fsp3) is 0.682. The molecule has 0 atom stereocenters. The number of guanidine groups is 1. The largest absolute Gasteiger partial charge is 0.496 e. The second-order valence-corrected chi connectivity index (χ2v) is 7.71. The molecule has 156 valence electrons. The van der Waals surface area contributed by atoms with Crippen molar-refractivity contribution < 1.29 is 9.47 Å². The minimum atomic E-state index is 0.166. The Balaban J connectivity index is 1.60. The summed E-state index contributed by atoms with van der Waals surface area (Å²) in [6.45, 7) is 8.74. The highest BCUT2D eigenvalue weighted by atomic mass is 16.5. The van der Waals surface area contributed by atoms with Crippen molar-refractivity contribution in [3.63, 3.8) is 0 Å². The topological polar surface area (TPSA) is 58.1 Å². The highest BCUT2D eigenvalue weighted by Crippen LogP contribution is 2.31. The van der Waals surface area contributed by atoms with E-state index in [1.165, 1.54) is 31.5 Å². The van der Waals surface area contributed by atoms with Crippen LogP contribution in [0.4, 0.5) is 0 Å². The van der Waals surface area contributed by atoms with E-state index in [4.69, 9.17) is 14.5 Å². The number of para-hydroxylation sites is 1. The first kappa shape index (κ1) is 20.9. The molecule has 2 fully saturated rings. The maximum absolute atomic E-state index is 5.66. The van der Waals surface area contributed by atoms with Crippen LogP contribution in [0.3, 0.4) is 0 Å². The van der Waals surface area contributed by atoms with Gasteiger partial charge in [-0.05, 0) is 63.7 Å². The first-order chi connectivity index (χ1) is 13.8. The van der Waals surface area contributed by atoms with Gasteiger partial charge >= 0.3 is 0 Å². The molecule has 28 heavy (non-hydrogen) atoms. The van der Waals surface area contributed by atoms with E-state index in [-0.39, 0.29) is 5.54 Å². The molecule has 2 aliphatic rings. The normalized spacial score (nSPS) is 20.1. The number of likely N-dealkylation sites (tertiary alicyclic amines) is 1. The zero-order valence-electron chi connectivity index (χ0n) is 17.5. The number of methoxy groups -OCH3 is 1. The van der Waals surface area contributed by atoms with Gasteiger partial charge in [0.25, 0.3) is 0 Å². The SMILES string of the molecule is CCNC(=NCC1(N2CCCC2)CCOCC1)NCCc1ccccc1OC. The summed E-state index contributed by atoms with van der Waals surface area (Å²) in [6, 6.07) is 8.20. The number of nitrogens with one attached hydrogen (secondary N) is 2. The number of ether oxygens (including phenoxy) is 2. The fourth-order valence-corrected chi connectivity index (χ4v) is 4.31. The van der Waals surface area contributed by atoms with Crippen LogP contribution in [0, 0.1) is 0 Å². The van der Waals surface area contributed by atoms with E-state index in [1.54, 1.807) is 7.11 Å².